The first-order valence-corrected chi connectivity index (χ1v) is 27.0. The van der Waals surface area contributed by atoms with E-state index in [1.165, 1.54) is 33.4 Å². The second-order valence-corrected chi connectivity index (χ2v) is 22.7. The van der Waals surface area contributed by atoms with E-state index in [4.69, 9.17) is 17.9 Å². The fourth-order valence-electron chi connectivity index (χ4n) is 12.1. The Morgan fingerprint density at radius 3 is 1.73 bits per heavy atom. The largest absolute Gasteiger partial charge is 0.457 e. The van der Waals surface area contributed by atoms with Crippen LogP contribution in [0.3, 0.4) is 0 Å². The van der Waals surface area contributed by atoms with Gasteiger partial charge in [-0.2, -0.15) is 9.13 Å². The van der Waals surface area contributed by atoms with Crippen molar-refractivity contribution in [2.24, 2.45) is 0 Å². The molecule has 0 spiro atoms. The highest BCUT2D eigenvalue weighted by Gasteiger charge is 2.46. The first-order valence-electron chi connectivity index (χ1n) is 32.0. The molecule has 0 fully saturated rings. The molecule has 3 aromatic heterocycles. The third-order valence-corrected chi connectivity index (χ3v) is 15.9. The molecule has 1 aliphatic rings. The minimum atomic E-state index is -0.667. The molecule has 0 unspecified atom stereocenters. The summed E-state index contributed by atoms with van der Waals surface area (Å²) in [4.78, 5) is 5.18. The molecule has 1 aliphatic carbocycles. The summed E-state index contributed by atoms with van der Waals surface area (Å²) in [5.74, 6) is 1.84. The Kier molecular flexibility index (Phi) is 9.15. The van der Waals surface area contributed by atoms with Crippen LogP contribution in [0.5, 0.6) is 11.5 Å². The Morgan fingerprint density at radius 2 is 1.06 bits per heavy atom. The average Bonchev–Trinajstić information content (AvgIpc) is 1.50. The van der Waals surface area contributed by atoms with Gasteiger partial charge in [0.25, 0.3) is 6.33 Å². The lowest BCUT2D eigenvalue weighted by molar-refractivity contribution is -0.566. The van der Waals surface area contributed by atoms with Crippen LogP contribution in [0.4, 0.5) is 0 Å². The molecule has 0 N–H and O–H groups in total. The molecule has 0 saturated heterocycles. The molecule has 5 nitrogen and oxygen atoms in total. The van der Waals surface area contributed by atoms with Gasteiger partial charge in [-0.15, -0.1) is 0 Å². The van der Waals surface area contributed by atoms with Crippen LogP contribution in [0.25, 0.3) is 83.4 Å². The molecular weight excluding hydrogens is 973 g/mol. The van der Waals surface area contributed by atoms with Crippen LogP contribution in [0.15, 0.2) is 261 Å². The second-order valence-electron chi connectivity index (χ2n) is 22.7. The third kappa shape index (κ3) is 7.98. The van der Waals surface area contributed by atoms with Gasteiger partial charge in [-0.25, -0.2) is 4.98 Å². The van der Waals surface area contributed by atoms with Crippen molar-refractivity contribution in [3.05, 3.63) is 294 Å². The zero-order chi connectivity index (χ0) is 63.0. The number of benzene rings is 10. The number of rotatable bonds is 9. The summed E-state index contributed by atoms with van der Waals surface area (Å²) in [6, 6.07) is 59.2. The lowest BCUT2D eigenvalue weighted by Crippen LogP contribution is -2.31. The summed E-state index contributed by atoms with van der Waals surface area (Å²) >= 11 is 0. The monoisotopic (exact) mass is 1040 g/mol. The summed E-state index contributed by atoms with van der Waals surface area (Å²) in [6.07, 6.45) is 3.74. The molecule has 5 heteroatoms. The fraction of sp³-hybridized carbons (Fsp3) is 0.120. The van der Waals surface area contributed by atoms with Crippen LogP contribution in [-0.2, 0) is 16.2 Å². The van der Waals surface area contributed by atoms with Crippen molar-refractivity contribution in [3.63, 3.8) is 0 Å². The Hall–Kier alpha value is -9.58. The van der Waals surface area contributed by atoms with E-state index >= 15 is 0 Å². The third-order valence-electron chi connectivity index (χ3n) is 15.9. The predicted molar refractivity (Wildman–Crippen MR) is 329 cm³/mol. The minimum Gasteiger partial charge on any atom is -0.457 e. The maximum atomic E-state index is 9.34. The molecule has 386 valence electrons. The summed E-state index contributed by atoms with van der Waals surface area (Å²) in [5, 5.41) is 2.08. The standard InChI is InChI=1S/C75H61N4O/c1-73(2,3)52-36-38-53(39-37-52)75(65-31-16-13-28-59(65)60-29-14-17-32-66(60)75)54-42-43-76-71(46-54)79-67-33-18-15-30-61(67)62-41-40-58(48-70(62)79)80-57-27-21-26-56(47-57)77-49-78(69-35-20-19-34-68(69)77)72-63(50-22-9-7-10-23-50)44-55(74(4,5)6)45-64(72)51-24-11-8-12-25-51/h7-49H,1-6H3/q+1/i7D,8D,9D,10D,11D,12D,22D,23D,24D,25D. The topological polar surface area (TPSA) is 35.9 Å². The van der Waals surface area contributed by atoms with Gasteiger partial charge in [-0.05, 0) is 133 Å². The number of nitrogens with zero attached hydrogens (tertiary/aromatic N) is 4. The van der Waals surface area contributed by atoms with E-state index in [9.17, 15) is 5.48 Å². The average molecular weight is 1040 g/mol. The van der Waals surface area contributed by atoms with Crippen molar-refractivity contribution in [2.45, 2.75) is 57.8 Å². The van der Waals surface area contributed by atoms with Crippen LogP contribution in [0.2, 0.25) is 0 Å². The number of ether oxygens (including phenoxy) is 1. The second kappa shape index (κ2) is 18.8. The fourth-order valence-corrected chi connectivity index (χ4v) is 12.1. The molecule has 3 heterocycles. The van der Waals surface area contributed by atoms with E-state index in [1.807, 2.05) is 97.0 Å². The van der Waals surface area contributed by atoms with E-state index in [-0.39, 0.29) is 33.4 Å². The van der Waals surface area contributed by atoms with E-state index in [0.717, 1.165) is 33.2 Å². The van der Waals surface area contributed by atoms with Gasteiger partial charge in [0, 0.05) is 40.2 Å². The Morgan fingerprint density at radius 1 is 0.475 bits per heavy atom. The van der Waals surface area contributed by atoms with E-state index in [2.05, 4.69) is 147 Å². The van der Waals surface area contributed by atoms with Crippen molar-refractivity contribution < 1.29 is 23.0 Å². The highest BCUT2D eigenvalue weighted by molar-refractivity contribution is 6.09. The first kappa shape index (κ1) is 38.9. The van der Waals surface area contributed by atoms with Crippen LogP contribution in [0.1, 0.15) is 88.6 Å². The number of aromatic nitrogens is 4. The lowest BCUT2D eigenvalue weighted by atomic mass is 9.67. The maximum Gasteiger partial charge on any atom is 0.255 e. The van der Waals surface area contributed by atoms with Crippen LogP contribution in [-0.4, -0.2) is 14.1 Å². The van der Waals surface area contributed by atoms with E-state index < -0.39 is 71.3 Å². The van der Waals surface area contributed by atoms with Gasteiger partial charge in [-0.1, -0.05) is 211 Å². The molecule has 80 heavy (non-hydrogen) atoms. The van der Waals surface area contributed by atoms with Crippen molar-refractivity contribution in [1.82, 2.24) is 14.1 Å². The van der Waals surface area contributed by atoms with Gasteiger partial charge in [0.05, 0.1) is 30.2 Å². The Balaban J connectivity index is 0.921. The van der Waals surface area contributed by atoms with Gasteiger partial charge in [0.2, 0.25) is 0 Å². The molecule has 0 saturated carbocycles. The van der Waals surface area contributed by atoms with Crippen molar-refractivity contribution >= 4 is 32.8 Å². The number of para-hydroxylation sites is 3. The Labute approximate surface area is 482 Å². The summed E-state index contributed by atoms with van der Waals surface area (Å²) < 4.78 is 103. The summed E-state index contributed by atoms with van der Waals surface area (Å²) in [6.45, 7) is 12.6. The lowest BCUT2D eigenvalue weighted by Gasteiger charge is -2.34. The minimum absolute atomic E-state index is 0.0324. The summed E-state index contributed by atoms with van der Waals surface area (Å²) in [5.41, 5.74) is 11.9. The number of pyridine rings is 1. The molecule has 13 aromatic rings. The number of fused-ring (bicyclic) bond motifs is 7. The van der Waals surface area contributed by atoms with Gasteiger partial charge in [-0.3, -0.25) is 4.57 Å². The van der Waals surface area contributed by atoms with Gasteiger partial charge < -0.3 is 4.74 Å². The van der Waals surface area contributed by atoms with Crippen LogP contribution >= 0.6 is 0 Å². The molecular formula is C75H61N4O+. The van der Waals surface area contributed by atoms with Gasteiger partial charge in [0.1, 0.15) is 28.7 Å². The zero-order valence-electron chi connectivity index (χ0n) is 55.2. The first-order chi connectivity index (χ1) is 43.1. The summed E-state index contributed by atoms with van der Waals surface area (Å²) in [7, 11) is 0. The van der Waals surface area contributed by atoms with E-state index in [1.54, 1.807) is 12.1 Å². The number of imidazole rings is 1. The highest BCUT2D eigenvalue weighted by Crippen LogP contribution is 2.56. The SMILES string of the molecule is [2H]c1c([2H])c([2H])c(-c2cc(C(C)(C)C)cc(-c3c([2H])c([2H])c([2H])c([2H])c3[2H])c2-[n+]2cn(-c3cccc(Oc4ccc5c6ccccc6n(-c6cc(C7(c8ccc(C(C)(C)C)cc8)c8ccccc8-c8ccccc87)ccn6)c5c4)c3)c3ccccc32)c([2H])c1[2H]. The predicted octanol–water partition coefficient (Wildman–Crippen LogP) is 18.5. The zero-order valence-corrected chi connectivity index (χ0v) is 45.2. The quantitative estimate of drug-likeness (QED) is 0.135. The van der Waals surface area contributed by atoms with Crippen molar-refractivity contribution in [2.75, 3.05) is 0 Å². The van der Waals surface area contributed by atoms with Gasteiger partial charge in [0.15, 0.2) is 11.0 Å². The highest BCUT2D eigenvalue weighted by atomic mass is 16.5. The van der Waals surface area contributed by atoms with Crippen molar-refractivity contribution in [3.8, 4) is 62.1 Å². The van der Waals surface area contributed by atoms with Gasteiger partial charge >= 0.3 is 0 Å². The van der Waals surface area contributed by atoms with Crippen molar-refractivity contribution in [1.29, 1.82) is 0 Å². The molecule has 0 amide bonds. The van der Waals surface area contributed by atoms with Crippen LogP contribution < -0.4 is 9.30 Å². The maximum absolute atomic E-state index is 9.34. The molecule has 0 aliphatic heterocycles. The van der Waals surface area contributed by atoms with Crippen LogP contribution in [0, 0.1) is 0 Å². The molecule has 10 aromatic carbocycles. The molecule has 0 atom stereocenters. The molecule has 0 bridgehead atoms. The molecule has 14 rings (SSSR count). The molecule has 0 radical (unpaired) electrons. The number of hydrogen-bond donors (Lipinski definition) is 0. The van der Waals surface area contributed by atoms with E-state index in [0.29, 0.717) is 33.8 Å². The Bertz CT molecular complexity index is 4960. The smallest absolute Gasteiger partial charge is 0.255 e. The normalized spacial score (nSPS) is 14.7. The number of hydrogen-bond acceptors (Lipinski definition) is 2.